The first-order valence-electron chi connectivity index (χ1n) is 3.30. The van der Waals surface area contributed by atoms with Gasteiger partial charge in [0.05, 0.1) is 19.3 Å². The second kappa shape index (κ2) is 3.90. The van der Waals surface area contributed by atoms with Crippen LogP contribution in [0.4, 0.5) is 0 Å². The van der Waals surface area contributed by atoms with Gasteiger partial charge in [-0.05, 0) is 12.1 Å². The fourth-order valence-corrected chi connectivity index (χ4v) is 0.839. The summed E-state index contributed by atoms with van der Waals surface area (Å²) in [6.45, 7) is 0.518. The minimum Gasteiger partial charge on any atom is -0.495 e. The topological polar surface area (TPSA) is 60.2 Å². The van der Waals surface area contributed by atoms with Crippen molar-refractivity contribution in [3.05, 3.63) is 24.0 Å². The van der Waals surface area contributed by atoms with Gasteiger partial charge in [0.1, 0.15) is 5.75 Å². The lowest BCUT2D eigenvalue weighted by Gasteiger charge is -2.04. The van der Waals surface area contributed by atoms with Gasteiger partial charge >= 0.3 is 0 Å². The number of nitrogens with one attached hydrogen (secondary N) is 1. The van der Waals surface area contributed by atoms with Crippen LogP contribution in [0.15, 0.2) is 18.3 Å². The van der Waals surface area contributed by atoms with E-state index >= 15 is 0 Å². The molecule has 1 aromatic rings. The summed E-state index contributed by atoms with van der Waals surface area (Å²) in [5, 5.41) is 0. The Kier molecular flexibility index (Phi) is 2.83. The molecule has 0 unspecified atom stereocenters. The molecule has 0 spiro atoms. The van der Waals surface area contributed by atoms with Crippen molar-refractivity contribution in [1.29, 1.82) is 0 Å². The molecule has 4 heteroatoms. The quantitative estimate of drug-likeness (QED) is 0.476. The average Bonchev–Trinajstić information content (AvgIpc) is 2.06. The Morgan fingerprint density at radius 1 is 1.73 bits per heavy atom. The zero-order chi connectivity index (χ0) is 8.10. The third kappa shape index (κ3) is 1.89. The number of pyridine rings is 1. The van der Waals surface area contributed by atoms with Gasteiger partial charge in [-0.3, -0.25) is 16.3 Å². The van der Waals surface area contributed by atoms with Gasteiger partial charge in [-0.15, -0.1) is 0 Å². The van der Waals surface area contributed by atoms with E-state index in [1.807, 2.05) is 12.1 Å². The number of hydrazine groups is 1. The SMILES string of the molecule is COc1cccnc1CNN. The van der Waals surface area contributed by atoms with Crippen LogP contribution >= 0.6 is 0 Å². The van der Waals surface area contributed by atoms with Gasteiger partial charge in [-0.25, -0.2) is 0 Å². The number of hydrogen-bond donors (Lipinski definition) is 2. The highest BCUT2D eigenvalue weighted by atomic mass is 16.5. The van der Waals surface area contributed by atoms with Crippen molar-refractivity contribution in [3.8, 4) is 5.75 Å². The molecule has 0 radical (unpaired) electrons. The molecule has 0 aliphatic heterocycles. The summed E-state index contributed by atoms with van der Waals surface area (Å²) in [6, 6.07) is 3.67. The Labute approximate surface area is 65.4 Å². The molecule has 1 heterocycles. The van der Waals surface area contributed by atoms with Crippen LogP contribution in [0.25, 0.3) is 0 Å². The molecule has 0 aliphatic rings. The molecule has 0 aliphatic carbocycles. The largest absolute Gasteiger partial charge is 0.495 e. The van der Waals surface area contributed by atoms with E-state index in [2.05, 4.69) is 10.4 Å². The van der Waals surface area contributed by atoms with Crippen molar-refractivity contribution in [2.24, 2.45) is 5.84 Å². The second-order valence-electron chi connectivity index (χ2n) is 2.03. The first-order chi connectivity index (χ1) is 5.38. The minimum absolute atomic E-state index is 0.518. The van der Waals surface area contributed by atoms with E-state index in [1.54, 1.807) is 13.3 Å². The number of hydrogen-bond acceptors (Lipinski definition) is 4. The van der Waals surface area contributed by atoms with E-state index < -0.39 is 0 Å². The van der Waals surface area contributed by atoms with Crippen LogP contribution in [0.5, 0.6) is 5.75 Å². The smallest absolute Gasteiger partial charge is 0.141 e. The summed E-state index contributed by atoms with van der Waals surface area (Å²) in [5.41, 5.74) is 3.33. The highest BCUT2D eigenvalue weighted by Crippen LogP contribution is 2.12. The zero-order valence-corrected chi connectivity index (χ0v) is 6.37. The summed E-state index contributed by atoms with van der Waals surface area (Å²) < 4.78 is 5.04. The molecule has 60 valence electrons. The van der Waals surface area contributed by atoms with Crippen LogP contribution in [0.2, 0.25) is 0 Å². The Morgan fingerprint density at radius 3 is 3.18 bits per heavy atom. The molecule has 0 bridgehead atoms. The maximum atomic E-state index is 5.14. The lowest BCUT2D eigenvalue weighted by atomic mass is 10.3. The first-order valence-corrected chi connectivity index (χ1v) is 3.30. The van der Waals surface area contributed by atoms with Gasteiger partial charge in [-0.1, -0.05) is 0 Å². The number of rotatable bonds is 3. The molecule has 1 aromatic heterocycles. The van der Waals surface area contributed by atoms with Crippen molar-refractivity contribution < 1.29 is 4.74 Å². The number of aromatic nitrogens is 1. The Bertz CT molecular complexity index is 227. The van der Waals surface area contributed by atoms with Gasteiger partial charge in [0.15, 0.2) is 0 Å². The van der Waals surface area contributed by atoms with Gasteiger partial charge in [-0.2, -0.15) is 0 Å². The van der Waals surface area contributed by atoms with Crippen molar-refractivity contribution >= 4 is 0 Å². The van der Waals surface area contributed by atoms with Gasteiger partial charge in [0, 0.05) is 6.20 Å². The van der Waals surface area contributed by atoms with E-state index in [0.717, 1.165) is 11.4 Å². The molecule has 0 saturated carbocycles. The van der Waals surface area contributed by atoms with E-state index in [4.69, 9.17) is 10.6 Å². The van der Waals surface area contributed by atoms with E-state index in [0.29, 0.717) is 6.54 Å². The number of ether oxygens (including phenoxy) is 1. The van der Waals surface area contributed by atoms with Crippen molar-refractivity contribution in [2.75, 3.05) is 7.11 Å². The van der Waals surface area contributed by atoms with Crippen LogP contribution in [-0.4, -0.2) is 12.1 Å². The average molecular weight is 153 g/mol. The normalized spacial score (nSPS) is 9.64. The lowest BCUT2D eigenvalue weighted by Crippen LogP contribution is -2.21. The molecule has 1 rings (SSSR count). The Hall–Kier alpha value is -1.13. The fourth-order valence-electron chi connectivity index (χ4n) is 0.839. The molecule has 4 nitrogen and oxygen atoms in total. The number of nitrogens with zero attached hydrogens (tertiary/aromatic N) is 1. The highest BCUT2D eigenvalue weighted by Gasteiger charge is 1.99. The molecule has 0 amide bonds. The van der Waals surface area contributed by atoms with Crippen LogP contribution < -0.4 is 16.0 Å². The molecule has 0 aromatic carbocycles. The summed E-state index contributed by atoms with van der Waals surface area (Å²) in [6.07, 6.45) is 1.70. The minimum atomic E-state index is 0.518. The molecule has 11 heavy (non-hydrogen) atoms. The predicted molar refractivity (Wildman–Crippen MR) is 41.8 cm³/mol. The lowest BCUT2D eigenvalue weighted by molar-refractivity contribution is 0.405. The van der Waals surface area contributed by atoms with Crippen molar-refractivity contribution in [2.45, 2.75) is 6.54 Å². The molecule has 0 atom stereocenters. The number of nitrogens with two attached hydrogens (primary N) is 1. The predicted octanol–water partition coefficient (Wildman–Crippen LogP) is 0.0535. The number of methoxy groups -OCH3 is 1. The van der Waals surface area contributed by atoms with E-state index in [-0.39, 0.29) is 0 Å². The second-order valence-corrected chi connectivity index (χ2v) is 2.03. The standard InChI is InChI=1S/C7H11N3O/c1-11-7-3-2-4-9-6(7)5-10-8/h2-4,10H,5,8H2,1H3. The molecule has 0 fully saturated rings. The van der Waals surface area contributed by atoms with Crippen molar-refractivity contribution in [1.82, 2.24) is 10.4 Å². The van der Waals surface area contributed by atoms with Crippen LogP contribution in [0.3, 0.4) is 0 Å². The highest BCUT2D eigenvalue weighted by molar-refractivity contribution is 5.26. The Morgan fingerprint density at radius 2 is 2.55 bits per heavy atom. The molecule has 3 N–H and O–H groups in total. The van der Waals surface area contributed by atoms with Crippen LogP contribution in [-0.2, 0) is 6.54 Å². The molecular formula is C7H11N3O. The summed E-state index contributed by atoms with van der Waals surface area (Å²) in [5.74, 6) is 5.89. The summed E-state index contributed by atoms with van der Waals surface area (Å²) in [4.78, 5) is 4.07. The Balaban J connectivity index is 2.83. The maximum absolute atomic E-state index is 5.14. The van der Waals surface area contributed by atoms with Gasteiger partial charge in [0.25, 0.3) is 0 Å². The fraction of sp³-hybridized carbons (Fsp3) is 0.286. The van der Waals surface area contributed by atoms with Crippen LogP contribution in [0.1, 0.15) is 5.69 Å². The van der Waals surface area contributed by atoms with E-state index in [9.17, 15) is 0 Å². The maximum Gasteiger partial charge on any atom is 0.141 e. The van der Waals surface area contributed by atoms with Gasteiger partial charge in [0.2, 0.25) is 0 Å². The summed E-state index contributed by atoms with van der Waals surface area (Å²) in [7, 11) is 1.61. The van der Waals surface area contributed by atoms with Gasteiger partial charge < -0.3 is 4.74 Å². The van der Waals surface area contributed by atoms with Crippen molar-refractivity contribution in [3.63, 3.8) is 0 Å². The van der Waals surface area contributed by atoms with Crippen LogP contribution in [0, 0.1) is 0 Å². The molecular weight excluding hydrogens is 142 g/mol. The third-order valence-electron chi connectivity index (χ3n) is 1.34. The first kappa shape index (κ1) is 7.97. The summed E-state index contributed by atoms with van der Waals surface area (Å²) >= 11 is 0. The van der Waals surface area contributed by atoms with E-state index in [1.165, 1.54) is 0 Å². The zero-order valence-electron chi connectivity index (χ0n) is 6.37. The molecule has 0 saturated heterocycles. The third-order valence-corrected chi connectivity index (χ3v) is 1.34. The monoisotopic (exact) mass is 153 g/mol.